The molecule has 2 heterocycles. The van der Waals surface area contributed by atoms with Gasteiger partial charge >= 0.3 is 0 Å². The van der Waals surface area contributed by atoms with Crippen LogP contribution in [0.3, 0.4) is 0 Å². The number of halogens is 1. The normalized spacial score (nSPS) is 16.6. The molecule has 158 valence electrons. The lowest BCUT2D eigenvalue weighted by Crippen LogP contribution is -2.46. The van der Waals surface area contributed by atoms with Crippen LogP contribution in [0.5, 0.6) is 0 Å². The van der Waals surface area contributed by atoms with Crippen molar-refractivity contribution < 1.29 is 4.42 Å². The molecule has 31 heavy (non-hydrogen) atoms. The fraction of sp³-hybridized carbons (Fsp3) is 0.280. The fourth-order valence-corrected chi connectivity index (χ4v) is 4.47. The summed E-state index contributed by atoms with van der Waals surface area (Å²) in [4.78, 5) is 4.94. The first kappa shape index (κ1) is 20.2. The SMILES string of the molecule is C[C@@H](c1nnc(-c2cccc(Cl)c2)o1)N1CCN(Cc2cccc3ccccc23)CC1. The van der Waals surface area contributed by atoms with Crippen molar-refractivity contribution in [2.75, 3.05) is 26.2 Å². The Kier molecular flexibility index (Phi) is 5.72. The fourth-order valence-electron chi connectivity index (χ4n) is 4.28. The molecule has 5 rings (SSSR count). The van der Waals surface area contributed by atoms with Crippen LogP contribution in [0, 0.1) is 0 Å². The highest BCUT2D eigenvalue weighted by molar-refractivity contribution is 6.30. The number of fused-ring (bicyclic) bond motifs is 1. The second-order valence-corrected chi connectivity index (χ2v) is 8.52. The van der Waals surface area contributed by atoms with E-state index in [1.54, 1.807) is 0 Å². The summed E-state index contributed by atoms with van der Waals surface area (Å²) in [6.45, 7) is 7.09. The molecule has 1 aromatic heterocycles. The van der Waals surface area contributed by atoms with Gasteiger partial charge in [0.05, 0.1) is 6.04 Å². The summed E-state index contributed by atoms with van der Waals surface area (Å²) >= 11 is 6.09. The second kappa shape index (κ2) is 8.79. The third-order valence-electron chi connectivity index (χ3n) is 6.10. The molecule has 0 spiro atoms. The molecule has 4 aromatic rings. The van der Waals surface area contributed by atoms with Gasteiger partial charge in [-0.3, -0.25) is 9.80 Å². The first-order chi connectivity index (χ1) is 15.2. The minimum Gasteiger partial charge on any atom is -0.419 e. The lowest BCUT2D eigenvalue weighted by Gasteiger charge is -2.37. The van der Waals surface area contributed by atoms with Crippen LogP contribution in [0.2, 0.25) is 5.02 Å². The van der Waals surface area contributed by atoms with Crippen molar-refractivity contribution in [3.05, 3.63) is 83.2 Å². The lowest BCUT2D eigenvalue weighted by atomic mass is 10.0. The lowest BCUT2D eigenvalue weighted by molar-refractivity contribution is 0.0878. The predicted octanol–water partition coefficient (Wildman–Crippen LogP) is 5.42. The van der Waals surface area contributed by atoms with Gasteiger partial charge < -0.3 is 4.42 Å². The minimum atomic E-state index is 0.0835. The molecule has 0 saturated carbocycles. The van der Waals surface area contributed by atoms with E-state index in [0.717, 1.165) is 38.3 Å². The number of benzene rings is 3. The van der Waals surface area contributed by atoms with Crippen molar-refractivity contribution in [2.45, 2.75) is 19.5 Å². The number of hydrogen-bond donors (Lipinski definition) is 0. The van der Waals surface area contributed by atoms with Crippen molar-refractivity contribution in [2.24, 2.45) is 0 Å². The van der Waals surface area contributed by atoms with Gasteiger partial charge in [0.25, 0.3) is 0 Å². The van der Waals surface area contributed by atoms with Crippen molar-refractivity contribution in [3.8, 4) is 11.5 Å². The zero-order chi connectivity index (χ0) is 21.2. The van der Waals surface area contributed by atoms with Gasteiger partial charge in [0, 0.05) is 43.3 Å². The van der Waals surface area contributed by atoms with Gasteiger partial charge in [-0.25, -0.2) is 0 Å². The Hall–Kier alpha value is -2.73. The Morgan fingerprint density at radius 2 is 1.71 bits per heavy atom. The van der Waals surface area contributed by atoms with Gasteiger partial charge in [-0.15, -0.1) is 10.2 Å². The summed E-state index contributed by atoms with van der Waals surface area (Å²) in [6.07, 6.45) is 0. The van der Waals surface area contributed by atoms with Crippen LogP contribution in [-0.2, 0) is 6.54 Å². The Morgan fingerprint density at radius 3 is 2.55 bits per heavy atom. The van der Waals surface area contributed by atoms with Gasteiger partial charge in [0.1, 0.15) is 0 Å². The van der Waals surface area contributed by atoms with E-state index in [9.17, 15) is 0 Å². The Morgan fingerprint density at radius 1 is 0.935 bits per heavy atom. The van der Waals surface area contributed by atoms with E-state index >= 15 is 0 Å². The standard InChI is InChI=1S/C25H25ClN4O/c1-18(24-27-28-25(31-24)20-8-5-10-22(26)16-20)30-14-12-29(13-15-30)17-21-9-4-7-19-6-2-3-11-23(19)21/h2-11,16,18H,12-15,17H2,1H3/t18-/m0/s1. The second-order valence-electron chi connectivity index (χ2n) is 8.08. The third-order valence-corrected chi connectivity index (χ3v) is 6.33. The topological polar surface area (TPSA) is 45.4 Å². The molecule has 0 N–H and O–H groups in total. The Balaban J connectivity index is 1.22. The number of aromatic nitrogens is 2. The largest absolute Gasteiger partial charge is 0.419 e. The van der Waals surface area contributed by atoms with Crippen molar-refractivity contribution in [1.82, 2.24) is 20.0 Å². The quantitative estimate of drug-likeness (QED) is 0.421. The van der Waals surface area contributed by atoms with Gasteiger partial charge in [-0.1, -0.05) is 60.1 Å². The smallest absolute Gasteiger partial charge is 0.247 e. The molecular weight excluding hydrogens is 408 g/mol. The van der Waals surface area contributed by atoms with E-state index < -0.39 is 0 Å². The zero-order valence-electron chi connectivity index (χ0n) is 17.5. The summed E-state index contributed by atoms with van der Waals surface area (Å²) in [6, 6.07) is 22.8. The molecule has 0 unspecified atom stereocenters. The molecule has 0 amide bonds. The predicted molar refractivity (Wildman–Crippen MR) is 124 cm³/mol. The van der Waals surface area contributed by atoms with Crippen LogP contribution in [0.4, 0.5) is 0 Å². The van der Waals surface area contributed by atoms with Gasteiger partial charge in [-0.05, 0) is 41.5 Å². The van der Waals surface area contributed by atoms with Crippen LogP contribution >= 0.6 is 11.6 Å². The maximum absolute atomic E-state index is 6.09. The molecule has 1 fully saturated rings. The van der Waals surface area contributed by atoms with Crippen molar-refractivity contribution in [3.63, 3.8) is 0 Å². The van der Waals surface area contributed by atoms with Crippen LogP contribution < -0.4 is 0 Å². The van der Waals surface area contributed by atoms with Crippen molar-refractivity contribution in [1.29, 1.82) is 0 Å². The van der Waals surface area contributed by atoms with E-state index in [1.165, 1.54) is 16.3 Å². The molecule has 6 heteroatoms. The van der Waals surface area contributed by atoms with E-state index in [1.807, 2.05) is 24.3 Å². The zero-order valence-corrected chi connectivity index (χ0v) is 18.3. The van der Waals surface area contributed by atoms with E-state index in [0.29, 0.717) is 16.8 Å². The number of rotatable bonds is 5. The molecular formula is C25H25ClN4O. The molecule has 0 aliphatic carbocycles. The van der Waals surface area contributed by atoms with Crippen LogP contribution in [0.1, 0.15) is 24.4 Å². The van der Waals surface area contributed by atoms with Crippen LogP contribution in [0.25, 0.3) is 22.2 Å². The Bertz CT molecular complexity index is 1180. The molecule has 0 bridgehead atoms. The monoisotopic (exact) mass is 432 g/mol. The first-order valence-electron chi connectivity index (χ1n) is 10.7. The highest BCUT2D eigenvalue weighted by atomic mass is 35.5. The molecule has 1 aliphatic heterocycles. The number of hydrogen-bond acceptors (Lipinski definition) is 5. The van der Waals surface area contributed by atoms with Gasteiger partial charge in [0.2, 0.25) is 11.8 Å². The molecule has 1 atom stereocenters. The van der Waals surface area contributed by atoms with Crippen LogP contribution in [-0.4, -0.2) is 46.2 Å². The van der Waals surface area contributed by atoms with Crippen LogP contribution in [0.15, 0.2) is 71.1 Å². The van der Waals surface area contributed by atoms with Gasteiger partial charge in [0.15, 0.2) is 0 Å². The number of piperazine rings is 1. The summed E-state index contributed by atoms with van der Waals surface area (Å²) in [5.41, 5.74) is 2.24. The number of nitrogens with zero attached hydrogens (tertiary/aromatic N) is 4. The van der Waals surface area contributed by atoms with Crippen molar-refractivity contribution >= 4 is 22.4 Å². The van der Waals surface area contributed by atoms with E-state index in [-0.39, 0.29) is 6.04 Å². The first-order valence-corrected chi connectivity index (χ1v) is 11.1. The molecule has 5 nitrogen and oxygen atoms in total. The summed E-state index contributed by atoms with van der Waals surface area (Å²) in [5.74, 6) is 1.16. The minimum absolute atomic E-state index is 0.0835. The highest BCUT2D eigenvalue weighted by Gasteiger charge is 2.26. The third kappa shape index (κ3) is 4.35. The average Bonchev–Trinajstić information content (AvgIpc) is 3.30. The maximum Gasteiger partial charge on any atom is 0.247 e. The van der Waals surface area contributed by atoms with E-state index in [2.05, 4.69) is 69.4 Å². The Labute approximate surface area is 187 Å². The summed E-state index contributed by atoms with van der Waals surface area (Å²) in [7, 11) is 0. The molecule has 0 radical (unpaired) electrons. The van der Waals surface area contributed by atoms with E-state index in [4.69, 9.17) is 16.0 Å². The summed E-state index contributed by atoms with van der Waals surface area (Å²) in [5, 5.41) is 11.8. The summed E-state index contributed by atoms with van der Waals surface area (Å²) < 4.78 is 5.97. The molecule has 3 aromatic carbocycles. The highest BCUT2D eigenvalue weighted by Crippen LogP contribution is 2.27. The average molecular weight is 433 g/mol. The maximum atomic E-state index is 6.09. The van der Waals surface area contributed by atoms with Gasteiger partial charge in [-0.2, -0.15) is 0 Å². The molecule has 1 aliphatic rings. The molecule has 1 saturated heterocycles.